The molecule has 0 aliphatic carbocycles. The summed E-state index contributed by atoms with van der Waals surface area (Å²) < 4.78 is 10.3. The molecule has 0 fully saturated rings. The van der Waals surface area contributed by atoms with Crippen molar-refractivity contribution in [2.75, 3.05) is 0 Å². The molecule has 0 amide bonds. The predicted octanol–water partition coefficient (Wildman–Crippen LogP) is 2.18. The van der Waals surface area contributed by atoms with Crippen LogP contribution in [0.3, 0.4) is 0 Å². The van der Waals surface area contributed by atoms with Gasteiger partial charge in [0, 0.05) is 5.39 Å². The lowest BCUT2D eigenvalue weighted by atomic mass is 9.94. The van der Waals surface area contributed by atoms with Crippen molar-refractivity contribution in [1.29, 1.82) is 0 Å². The van der Waals surface area contributed by atoms with Gasteiger partial charge >= 0.3 is 0 Å². The highest BCUT2D eigenvalue weighted by molar-refractivity contribution is 5.85. The van der Waals surface area contributed by atoms with Crippen molar-refractivity contribution in [2.24, 2.45) is 0 Å². The lowest BCUT2D eigenvalue weighted by Crippen LogP contribution is -2.37. The molecule has 1 heterocycles. The van der Waals surface area contributed by atoms with Gasteiger partial charge in [-0.05, 0) is 55.2 Å². The Bertz CT molecular complexity index is 933. The molecule has 3 atom stereocenters. The maximum atomic E-state index is 10.5. The van der Waals surface area contributed by atoms with Crippen LogP contribution in [0.4, 0.5) is 0 Å². The van der Waals surface area contributed by atoms with E-state index < -0.39 is 24.8 Å². The van der Waals surface area contributed by atoms with Crippen LogP contribution in [0.1, 0.15) is 29.8 Å². The molecular weight excluding hydrogens is 350 g/mol. The Labute approximate surface area is 156 Å². The fourth-order valence-electron chi connectivity index (χ4n) is 3.14. The van der Waals surface area contributed by atoms with E-state index in [9.17, 15) is 20.4 Å². The molecule has 0 radical (unpaired) electrons. The Hall–Kier alpha value is -2.29. The Balaban J connectivity index is 1.93. The van der Waals surface area contributed by atoms with Gasteiger partial charge < -0.3 is 29.7 Å². The van der Waals surface area contributed by atoms with Crippen LogP contribution in [-0.2, 0) is 4.74 Å². The molecule has 0 aliphatic heterocycles. The van der Waals surface area contributed by atoms with Gasteiger partial charge in [0.25, 0.3) is 0 Å². The van der Waals surface area contributed by atoms with E-state index in [-0.39, 0.29) is 0 Å². The zero-order chi connectivity index (χ0) is 19.7. The van der Waals surface area contributed by atoms with Crippen molar-refractivity contribution in [3.8, 4) is 11.1 Å². The molecule has 0 bridgehead atoms. The molecule has 7 nitrogen and oxygen atoms in total. The van der Waals surface area contributed by atoms with E-state index in [1.54, 1.807) is 6.07 Å². The second kappa shape index (κ2) is 7.75. The van der Waals surface area contributed by atoms with Crippen molar-refractivity contribution < 1.29 is 29.7 Å². The summed E-state index contributed by atoms with van der Waals surface area (Å²) in [4.78, 5) is 0. The number of nitrogens with zero attached hydrogens (tertiary/aromatic N) is 1. The van der Waals surface area contributed by atoms with Gasteiger partial charge in [0.05, 0.1) is 5.69 Å². The molecule has 0 saturated heterocycles. The van der Waals surface area contributed by atoms with Gasteiger partial charge in [-0.1, -0.05) is 29.4 Å². The molecule has 144 valence electrons. The van der Waals surface area contributed by atoms with Gasteiger partial charge in [0.1, 0.15) is 12.2 Å². The monoisotopic (exact) mass is 373 g/mol. The Morgan fingerprint density at radius 2 is 1.63 bits per heavy atom. The average molecular weight is 373 g/mol. The van der Waals surface area contributed by atoms with E-state index in [0.717, 1.165) is 33.4 Å². The largest absolute Gasteiger partial charge is 0.385 e. The van der Waals surface area contributed by atoms with E-state index in [1.807, 2.05) is 44.2 Å². The van der Waals surface area contributed by atoms with Gasteiger partial charge in [-0.25, -0.2) is 0 Å². The molecule has 27 heavy (non-hydrogen) atoms. The van der Waals surface area contributed by atoms with Crippen molar-refractivity contribution in [1.82, 2.24) is 5.16 Å². The first-order valence-electron chi connectivity index (χ1n) is 8.62. The minimum absolute atomic E-state index is 0.486. The Kier molecular flexibility index (Phi) is 5.59. The fourth-order valence-corrected chi connectivity index (χ4v) is 3.14. The molecule has 0 aliphatic rings. The molecule has 3 rings (SSSR count). The lowest BCUT2D eigenvalue weighted by molar-refractivity contribution is -0.233. The van der Waals surface area contributed by atoms with Crippen LogP contribution in [0.25, 0.3) is 22.1 Å². The predicted molar refractivity (Wildman–Crippen MR) is 98.7 cm³/mol. The minimum Gasteiger partial charge on any atom is -0.385 e. The van der Waals surface area contributed by atoms with Crippen LogP contribution in [0.15, 0.2) is 40.9 Å². The number of benzene rings is 2. The Morgan fingerprint density at radius 1 is 0.963 bits per heavy atom. The summed E-state index contributed by atoms with van der Waals surface area (Å²) in [6, 6.07) is 11.2. The number of hydrogen-bond donors (Lipinski definition) is 4. The molecule has 3 unspecified atom stereocenters. The average Bonchev–Trinajstić information content (AvgIpc) is 2.99. The van der Waals surface area contributed by atoms with Crippen molar-refractivity contribution in [2.45, 2.75) is 45.6 Å². The number of aryl methyl sites for hydroxylation is 2. The van der Waals surface area contributed by atoms with Gasteiger partial charge in [0.2, 0.25) is 0 Å². The van der Waals surface area contributed by atoms with Gasteiger partial charge in [-0.2, -0.15) is 0 Å². The van der Waals surface area contributed by atoms with Crippen molar-refractivity contribution >= 4 is 11.0 Å². The highest BCUT2D eigenvalue weighted by Gasteiger charge is 2.30. The third kappa shape index (κ3) is 4.02. The molecule has 3 aromatic rings. The quantitative estimate of drug-likeness (QED) is 0.489. The second-order valence-electron chi connectivity index (χ2n) is 6.61. The van der Waals surface area contributed by atoms with Gasteiger partial charge in [-0.15, -0.1) is 0 Å². The highest BCUT2D eigenvalue weighted by Crippen LogP contribution is 2.31. The summed E-state index contributed by atoms with van der Waals surface area (Å²) in [7, 11) is 0. The molecule has 1 aromatic heterocycles. The fraction of sp³-hybridized carbons (Fsp3) is 0.350. The van der Waals surface area contributed by atoms with E-state index >= 15 is 0 Å². The van der Waals surface area contributed by atoms with Crippen molar-refractivity contribution in [3.63, 3.8) is 0 Å². The minimum atomic E-state index is -1.94. The number of ether oxygens (including phenoxy) is 1. The number of aliphatic hydroxyl groups excluding tert-OH is 3. The smallest absolute Gasteiger partial charge is 0.181 e. The van der Waals surface area contributed by atoms with Crippen LogP contribution in [0.2, 0.25) is 0 Å². The van der Waals surface area contributed by atoms with Crippen LogP contribution in [0, 0.1) is 13.8 Å². The van der Waals surface area contributed by atoms with Crippen molar-refractivity contribution in [3.05, 3.63) is 53.2 Å². The summed E-state index contributed by atoms with van der Waals surface area (Å²) in [5.41, 5.74) is 4.67. The first-order valence-corrected chi connectivity index (χ1v) is 8.62. The molecule has 0 saturated carbocycles. The zero-order valence-corrected chi connectivity index (χ0v) is 15.3. The topological polar surface area (TPSA) is 116 Å². The summed E-state index contributed by atoms with van der Waals surface area (Å²) in [6.07, 6.45) is -5.86. The molecule has 0 spiro atoms. The summed E-state index contributed by atoms with van der Waals surface area (Å²) in [5, 5.41) is 43.7. The number of fused-ring (bicyclic) bond motifs is 1. The second-order valence-corrected chi connectivity index (χ2v) is 6.61. The number of rotatable bonds is 6. The maximum Gasteiger partial charge on any atom is 0.181 e. The van der Waals surface area contributed by atoms with Crippen LogP contribution in [0.5, 0.6) is 0 Å². The van der Waals surface area contributed by atoms with E-state index in [0.29, 0.717) is 5.56 Å². The highest BCUT2D eigenvalue weighted by atomic mass is 16.6. The molecule has 4 N–H and O–H groups in total. The Morgan fingerprint density at radius 3 is 2.26 bits per heavy atom. The van der Waals surface area contributed by atoms with E-state index in [4.69, 9.17) is 9.26 Å². The first kappa shape index (κ1) is 19.5. The molecule has 7 heteroatoms. The van der Waals surface area contributed by atoms with Crippen LogP contribution >= 0.6 is 0 Å². The van der Waals surface area contributed by atoms with E-state index in [2.05, 4.69) is 5.16 Å². The zero-order valence-electron chi connectivity index (χ0n) is 15.3. The third-order valence-electron chi connectivity index (χ3n) is 4.53. The third-order valence-corrected chi connectivity index (χ3v) is 4.53. The summed E-state index contributed by atoms with van der Waals surface area (Å²) in [5.74, 6) is 0. The van der Waals surface area contributed by atoms with Crippen LogP contribution < -0.4 is 0 Å². The van der Waals surface area contributed by atoms with Gasteiger partial charge in [0.15, 0.2) is 18.2 Å². The number of hydrogen-bond acceptors (Lipinski definition) is 7. The molecule has 2 aromatic carbocycles. The lowest BCUT2D eigenvalue weighted by Gasteiger charge is -2.27. The maximum absolute atomic E-state index is 10.5. The normalized spacial score (nSPS) is 15.3. The summed E-state index contributed by atoms with van der Waals surface area (Å²) >= 11 is 0. The number of aliphatic hydroxyl groups is 4. The first-order chi connectivity index (χ1) is 12.8. The number of aromatic nitrogens is 1. The summed E-state index contributed by atoms with van der Waals surface area (Å²) in [6.45, 7) is 5.03. The molecular formula is C20H23NO6. The van der Waals surface area contributed by atoms with Gasteiger partial charge in [-0.3, -0.25) is 0 Å². The standard InChI is InChI=1S/C20H23NO6/c1-10-8-13(14-5-7-17-16(9-14)11(2)21-27-17)4-6-15(10)18(23)19(20(24)25)26-12(3)22/h4-9,12,18-20,22-25H,1-3H3. The SMILES string of the molecule is Cc1cc(-c2ccc3onc(C)c3c2)ccc1C(O)C(OC(C)O)C(O)O. The van der Waals surface area contributed by atoms with E-state index in [1.165, 1.54) is 6.92 Å². The van der Waals surface area contributed by atoms with Crippen LogP contribution in [-0.4, -0.2) is 44.3 Å².